The minimum atomic E-state index is 0.713. The van der Waals surface area contributed by atoms with Crippen molar-refractivity contribution in [3.63, 3.8) is 0 Å². The third-order valence-electron chi connectivity index (χ3n) is 15.0. The molecular formula is C62H40N10. The Balaban J connectivity index is 1.29. The fraction of sp³-hybridized carbons (Fsp3) is 0.0323. The lowest BCUT2D eigenvalue weighted by Gasteiger charge is -2.31. The molecule has 9 aromatic heterocycles. The summed E-state index contributed by atoms with van der Waals surface area (Å²) in [5, 5.41) is 9.24. The smallest absolute Gasteiger partial charge is 0.0991 e. The molecule has 0 spiro atoms. The van der Waals surface area contributed by atoms with Gasteiger partial charge in [0.25, 0.3) is 0 Å². The van der Waals surface area contributed by atoms with Crippen LogP contribution in [0, 0.1) is 6.92 Å². The molecule has 16 rings (SSSR count). The summed E-state index contributed by atoms with van der Waals surface area (Å²) in [7, 11) is 0. The molecule has 0 bridgehead atoms. The Labute approximate surface area is 410 Å². The van der Waals surface area contributed by atoms with Crippen LogP contribution in [0.5, 0.6) is 0 Å². The van der Waals surface area contributed by atoms with E-state index in [1.807, 2.05) is 24.8 Å². The van der Waals surface area contributed by atoms with Gasteiger partial charge in [-0.25, -0.2) is 0 Å². The van der Waals surface area contributed by atoms with E-state index in [1.165, 1.54) is 0 Å². The fourth-order valence-electron chi connectivity index (χ4n) is 12.3. The van der Waals surface area contributed by atoms with E-state index in [-0.39, 0.29) is 0 Å². The number of anilines is 1. The van der Waals surface area contributed by atoms with E-state index in [2.05, 4.69) is 217 Å². The molecule has 1 aliphatic rings. The second kappa shape index (κ2) is 14.6. The SMILES string of the molecule is Cc1c(-n2c3ccccc3c3ncccc32)c(-n2c3ccccc3c3ncccc32)c(-n2c3c(c4ccccc42)NCC=C3)c(-n2c3ccccc3c3ncccc32)c1-n1c2ccccc2c2ncccc21. The van der Waals surface area contributed by atoms with Crippen molar-refractivity contribution in [3.05, 3.63) is 212 Å². The molecule has 1 aliphatic heterocycles. The molecular weight excluding hydrogens is 885 g/mol. The number of nitrogens with one attached hydrogen (secondary N) is 1. The Bertz CT molecular complexity index is 4380. The van der Waals surface area contributed by atoms with Crippen LogP contribution in [0.2, 0.25) is 0 Å². The van der Waals surface area contributed by atoms with Gasteiger partial charge in [0, 0.05) is 63.8 Å². The summed E-state index contributed by atoms with van der Waals surface area (Å²) in [6.07, 6.45) is 12.2. The first-order valence-electron chi connectivity index (χ1n) is 24.4. The summed E-state index contributed by atoms with van der Waals surface area (Å²) in [4.78, 5) is 20.6. The van der Waals surface area contributed by atoms with Crippen molar-refractivity contribution in [1.29, 1.82) is 0 Å². The minimum Gasteiger partial charge on any atom is -0.379 e. The average molecular weight is 925 g/mol. The van der Waals surface area contributed by atoms with Gasteiger partial charge in [0.2, 0.25) is 0 Å². The summed E-state index contributed by atoms with van der Waals surface area (Å²) in [6, 6.07) is 60.8. The molecule has 15 aromatic rings. The summed E-state index contributed by atoms with van der Waals surface area (Å²) in [5.74, 6) is 0. The second-order valence-corrected chi connectivity index (χ2v) is 18.7. The van der Waals surface area contributed by atoms with Crippen molar-refractivity contribution in [2.45, 2.75) is 6.92 Å². The molecule has 338 valence electrons. The summed E-state index contributed by atoms with van der Waals surface area (Å²) < 4.78 is 12.4. The van der Waals surface area contributed by atoms with Gasteiger partial charge in [-0.15, -0.1) is 0 Å². The molecule has 0 amide bonds. The van der Waals surface area contributed by atoms with Crippen molar-refractivity contribution in [2.75, 3.05) is 11.9 Å². The molecule has 0 atom stereocenters. The Morgan fingerprint density at radius 3 is 1.03 bits per heavy atom. The largest absolute Gasteiger partial charge is 0.379 e. The average Bonchev–Trinajstić information content (AvgIpc) is 4.24. The quantitative estimate of drug-likeness (QED) is 0.186. The predicted octanol–water partition coefficient (Wildman–Crippen LogP) is 14.3. The van der Waals surface area contributed by atoms with Gasteiger partial charge in [-0.05, 0) is 91.9 Å². The summed E-state index contributed by atoms with van der Waals surface area (Å²) in [6.45, 7) is 3.03. The molecule has 72 heavy (non-hydrogen) atoms. The number of para-hydroxylation sites is 5. The highest BCUT2D eigenvalue weighted by atomic mass is 15.2. The zero-order valence-corrected chi connectivity index (χ0v) is 38.9. The van der Waals surface area contributed by atoms with Crippen molar-refractivity contribution < 1.29 is 0 Å². The van der Waals surface area contributed by atoms with E-state index in [9.17, 15) is 0 Å². The number of nitrogens with zero attached hydrogens (tertiary/aromatic N) is 9. The van der Waals surface area contributed by atoms with Crippen LogP contribution in [0.4, 0.5) is 5.69 Å². The molecule has 0 radical (unpaired) electrons. The molecule has 0 saturated heterocycles. The maximum Gasteiger partial charge on any atom is 0.0991 e. The number of hydrogen-bond acceptors (Lipinski definition) is 5. The molecule has 10 heteroatoms. The third-order valence-corrected chi connectivity index (χ3v) is 15.0. The maximum atomic E-state index is 5.17. The van der Waals surface area contributed by atoms with E-state index in [0.717, 1.165) is 144 Å². The first-order chi connectivity index (χ1) is 35.7. The number of rotatable bonds is 5. The summed E-state index contributed by atoms with van der Waals surface area (Å²) in [5.41, 5.74) is 21.0. The van der Waals surface area contributed by atoms with Gasteiger partial charge in [0.15, 0.2) is 0 Å². The number of pyridine rings is 4. The number of aromatic nitrogens is 9. The zero-order valence-electron chi connectivity index (χ0n) is 38.9. The van der Waals surface area contributed by atoms with Gasteiger partial charge in [0.05, 0.1) is 112 Å². The lowest BCUT2D eigenvalue weighted by Crippen LogP contribution is -2.19. The highest BCUT2D eigenvalue weighted by Crippen LogP contribution is 2.51. The molecule has 0 saturated carbocycles. The maximum absolute atomic E-state index is 5.17. The number of benzene rings is 6. The van der Waals surface area contributed by atoms with Gasteiger partial charge in [-0.2, -0.15) is 0 Å². The highest BCUT2D eigenvalue weighted by Gasteiger charge is 2.36. The van der Waals surface area contributed by atoms with Crippen molar-refractivity contribution in [2.24, 2.45) is 0 Å². The Morgan fingerprint density at radius 1 is 0.333 bits per heavy atom. The molecule has 0 aliphatic carbocycles. The van der Waals surface area contributed by atoms with Crippen LogP contribution >= 0.6 is 0 Å². The van der Waals surface area contributed by atoms with Crippen LogP contribution in [0.3, 0.4) is 0 Å². The van der Waals surface area contributed by atoms with Crippen LogP contribution in [0.25, 0.3) is 133 Å². The summed E-state index contributed by atoms with van der Waals surface area (Å²) >= 11 is 0. The zero-order chi connectivity index (χ0) is 47.2. The van der Waals surface area contributed by atoms with Gasteiger partial charge in [-0.3, -0.25) is 19.9 Å². The van der Waals surface area contributed by atoms with Gasteiger partial charge in [0.1, 0.15) is 0 Å². The van der Waals surface area contributed by atoms with E-state index < -0.39 is 0 Å². The Morgan fingerprint density at radius 2 is 0.639 bits per heavy atom. The molecule has 10 nitrogen and oxygen atoms in total. The van der Waals surface area contributed by atoms with Crippen LogP contribution in [-0.4, -0.2) is 49.3 Å². The van der Waals surface area contributed by atoms with E-state index >= 15 is 0 Å². The predicted molar refractivity (Wildman–Crippen MR) is 294 cm³/mol. The Hall–Kier alpha value is -9.80. The molecule has 10 heterocycles. The minimum absolute atomic E-state index is 0.713. The van der Waals surface area contributed by atoms with E-state index in [4.69, 9.17) is 19.9 Å². The lowest BCUT2D eigenvalue weighted by molar-refractivity contribution is 0.966. The van der Waals surface area contributed by atoms with Crippen molar-refractivity contribution >= 4 is 110 Å². The van der Waals surface area contributed by atoms with Gasteiger partial charge >= 0.3 is 0 Å². The topological polar surface area (TPSA) is 88.2 Å². The lowest BCUT2D eigenvalue weighted by atomic mass is 10.0. The van der Waals surface area contributed by atoms with Gasteiger partial charge in [-0.1, -0.05) is 97.1 Å². The van der Waals surface area contributed by atoms with E-state index in [1.54, 1.807) is 0 Å². The normalized spacial score (nSPS) is 12.8. The monoisotopic (exact) mass is 924 g/mol. The molecule has 0 unspecified atom stereocenters. The molecule has 6 aromatic carbocycles. The first-order valence-corrected chi connectivity index (χ1v) is 24.4. The van der Waals surface area contributed by atoms with Crippen LogP contribution in [0.15, 0.2) is 201 Å². The van der Waals surface area contributed by atoms with Crippen LogP contribution in [0.1, 0.15) is 11.3 Å². The fourth-order valence-corrected chi connectivity index (χ4v) is 12.3. The van der Waals surface area contributed by atoms with Gasteiger partial charge < -0.3 is 28.2 Å². The van der Waals surface area contributed by atoms with Crippen molar-refractivity contribution in [3.8, 4) is 28.4 Å². The molecule has 1 N–H and O–H groups in total. The number of hydrogen-bond donors (Lipinski definition) is 1. The van der Waals surface area contributed by atoms with Crippen LogP contribution < -0.4 is 5.32 Å². The third kappa shape index (κ3) is 5.06. The van der Waals surface area contributed by atoms with Crippen LogP contribution in [-0.2, 0) is 0 Å². The Kier molecular flexibility index (Phi) is 7.93. The second-order valence-electron chi connectivity index (χ2n) is 18.7. The first kappa shape index (κ1) is 39.1. The number of fused-ring (bicyclic) bond motifs is 15. The van der Waals surface area contributed by atoms with E-state index in [0.29, 0.717) is 6.54 Å². The molecule has 0 fully saturated rings. The van der Waals surface area contributed by atoms with Crippen molar-refractivity contribution in [1.82, 2.24) is 42.8 Å². The standard InChI is InChI=1S/C62H40N10/c1-37-58(68-43-22-7-2-17-38(43)53-48(68)27-12-32-63-53)60(70-45-24-9-4-19-40(45)55-50(70)29-14-34-65-55)62(72-47-26-11-6-21-42(47)57-52(72)31-16-36-67-57)61(71-46-25-10-5-20-41(46)56-51(71)30-15-35-66-56)59(37)69-44-23-8-3-18-39(44)54-49(69)28-13-33-64-54/h2-35,67H,36H2,1H3. The highest BCUT2D eigenvalue weighted by molar-refractivity contribution is 6.15.